The van der Waals surface area contributed by atoms with Crippen LogP contribution in [-0.4, -0.2) is 25.4 Å². The van der Waals surface area contributed by atoms with Gasteiger partial charge in [-0.3, -0.25) is 4.40 Å². The summed E-state index contributed by atoms with van der Waals surface area (Å²) in [6.07, 6.45) is 9.04. The van der Waals surface area contributed by atoms with Crippen molar-refractivity contribution in [1.29, 1.82) is 0 Å². The van der Waals surface area contributed by atoms with Crippen molar-refractivity contribution in [2.75, 3.05) is 0 Å². The van der Waals surface area contributed by atoms with Gasteiger partial charge in [0.25, 0.3) is 0 Å². The Morgan fingerprint density at radius 2 is 2.22 bits per heavy atom. The van der Waals surface area contributed by atoms with Crippen LogP contribution in [0.15, 0.2) is 24.7 Å². The molecule has 3 heterocycles. The third-order valence-electron chi connectivity index (χ3n) is 3.96. The van der Waals surface area contributed by atoms with E-state index >= 15 is 0 Å². The van der Waals surface area contributed by atoms with Crippen molar-refractivity contribution in [3.63, 3.8) is 0 Å². The molecule has 1 aliphatic carbocycles. The highest BCUT2D eigenvalue weighted by atomic mass is 15.1. The topological polar surface area (TPSA) is 72.0 Å². The summed E-state index contributed by atoms with van der Waals surface area (Å²) in [6.45, 7) is 0. The number of aromatic nitrogens is 4. The molecule has 5 nitrogen and oxygen atoms in total. The molecule has 92 valence electrons. The third kappa shape index (κ3) is 1.31. The lowest BCUT2D eigenvalue weighted by atomic mass is 10.0. The van der Waals surface area contributed by atoms with E-state index in [1.54, 1.807) is 0 Å². The van der Waals surface area contributed by atoms with Gasteiger partial charge in [-0.05, 0) is 25.3 Å². The quantitative estimate of drug-likeness (QED) is 0.682. The Hall–Kier alpha value is -1.88. The molecular weight excluding hydrogens is 226 g/mol. The molecule has 0 unspecified atom stereocenters. The number of imidazole rings is 1. The van der Waals surface area contributed by atoms with Gasteiger partial charge in [-0.1, -0.05) is 0 Å². The van der Waals surface area contributed by atoms with Gasteiger partial charge in [0.15, 0.2) is 11.3 Å². The summed E-state index contributed by atoms with van der Waals surface area (Å²) < 4.78 is 2.21. The van der Waals surface area contributed by atoms with Crippen molar-refractivity contribution in [1.82, 2.24) is 19.4 Å². The van der Waals surface area contributed by atoms with Gasteiger partial charge in [0.1, 0.15) is 0 Å². The maximum Gasteiger partial charge on any atom is 0.156 e. The number of hydrogen-bond donors (Lipinski definition) is 2. The van der Waals surface area contributed by atoms with E-state index in [9.17, 15) is 0 Å². The fourth-order valence-electron chi connectivity index (χ4n) is 3.07. The summed E-state index contributed by atoms with van der Waals surface area (Å²) in [5.74, 6) is 0.524. The zero-order chi connectivity index (χ0) is 12.1. The lowest BCUT2D eigenvalue weighted by Crippen LogP contribution is -2.14. The van der Waals surface area contributed by atoms with Crippen LogP contribution in [0.1, 0.15) is 30.9 Å². The molecule has 0 radical (unpaired) electrons. The highest BCUT2D eigenvalue weighted by molar-refractivity contribution is 5.74. The maximum absolute atomic E-state index is 6.02. The third-order valence-corrected chi connectivity index (χ3v) is 3.96. The van der Waals surface area contributed by atoms with Crippen LogP contribution < -0.4 is 5.73 Å². The minimum atomic E-state index is 0.337. The molecule has 3 aromatic rings. The van der Waals surface area contributed by atoms with Gasteiger partial charge in [-0.15, -0.1) is 0 Å². The van der Waals surface area contributed by atoms with Crippen molar-refractivity contribution >= 4 is 16.8 Å². The van der Waals surface area contributed by atoms with E-state index in [-0.39, 0.29) is 0 Å². The lowest BCUT2D eigenvalue weighted by molar-refractivity contribution is 0.660. The summed E-state index contributed by atoms with van der Waals surface area (Å²) in [5.41, 5.74) is 10.2. The van der Waals surface area contributed by atoms with Gasteiger partial charge in [0.2, 0.25) is 0 Å². The van der Waals surface area contributed by atoms with Crippen LogP contribution in [0.3, 0.4) is 0 Å². The van der Waals surface area contributed by atoms with Crippen LogP contribution in [0.25, 0.3) is 16.8 Å². The summed E-state index contributed by atoms with van der Waals surface area (Å²) in [7, 11) is 0. The Kier molecular flexibility index (Phi) is 1.99. The Morgan fingerprint density at radius 3 is 3.06 bits per heavy atom. The largest absolute Gasteiger partial charge is 0.345 e. The highest BCUT2D eigenvalue weighted by Gasteiger charge is 2.26. The second-order valence-electron chi connectivity index (χ2n) is 5.12. The summed E-state index contributed by atoms with van der Waals surface area (Å²) in [6, 6.07) is 2.39. The molecule has 1 fully saturated rings. The van der Waals surface area contributed by atoms with Crippen LogP contribution in [0.5, 0.6) is 0 Å². The predicted octanol–water partition coefficient (Wildman–Crippen LogP) is 1.81. The van der Waals surface area contributed by atoms with Crippen molar-refractivity contribution in [2.45, 2.75) is 31.2 Å². The Morgan fingerprint density at radius 1 is 1.28 bits per heavy atom. The Bertz CT molecular complexity index is 710. The summed E-state index contributed by atoms with van der Waals surface area (Å²) in [5, 5.41) is 0. The lowest BCUT2D eigenvalue weighted by Gasteiger charge is -2.09. The molecule has 0 bridgehead atoms. The molecule has 5 heteroatoms. The molecule has 0 saturated heterocycles. The normalized spacial score (nSPS) is 24.3. The molecule has 0 aliphatic heterocycles. The average Bonchev–Trinajstić information content (AvgIpc) is 3.03. The van der Waals surface area contributed by atoms with E-state index in [1.165, 1.54) is 5.69 Å². The van der Waals surface area contributed by atoms with Crippen molar-refractivity contribution in [3.05, 3.63) is 30.4 Å². The van der Waals surface area contributed by atoms with Crippen molar-refractivity contribution in [2.24, 2.45) is 5.73 Å². The molecule has 0 aromatic carbocycles. The van der Waals surface area contributed by atoms with Crippen LogP contribution in [0.4, 0.5) is 0 Å². The number of nitrogens with zero attached hydrogens (tertiary/aromatic N) is 3. The van der Waals surface area contributed by atoms with E-state index < -0.39 is 0 Å². The molecule has 3 N–H and O–H groups in total. The number of H-pyrrole nitrogens is 1. The van der Waals surface area contributed by atoms with Gasteiger partial charge in [-0.25, -0.2) is 9.97 Å². The first-order chi connectivity index (χ1) is 8.83. The SMILES string of the molecule is N[C@@H]1CC[C@@H](c2cnc3cnc4[nH]ccc4n23)C1. The first-order valence-corrected chi connectivity index (χ1v) is 6.38. The number of rotatable bonds is 1. The van der Waals surface area contributed by atoms with Crippen LogP contribution in [0, 0.1) is 0 Å². The molecular formula is C13H15N5. The Labute approximate surface area is 104 Å². The highest BCUT2D eigenvalue weighted by Crippen LogP contribution is 2.34. The summed E-state index contributed by atoms with van der Waals surface area (Å²) in [4.78, 5) is 12.0. The van der Waals surface area contributed by atoms with Crippen LogP contribution >= 0.6 is 0 Å². The number of fused-ring (bicyclic) bond motifs is 3. The zero-order valence-corrected chi connectivity index (χ0v) is 10.0. The number of hydrogen-bond acceptors (Lipinski definition) is 3. The number of nitrogens with two attached hydrogens (primary N) is 1. The van der Waals surface area contributed by atoms with Crippen molar-refractivity contribution < 1.29 is 0 Å². The minimum Gasteiger partial charge on any atom is -0.345 e. The Balaban J connectivity index is 1.97. The van der Waals surface area contributed by atoms with Gasteiger partial charge in [-0.2, -0.15) is 0 Å². The van der Waals surface area contributed by atoms with Crippen molar-refractivity contribution in [3.8, 4) is 0 Å². The van der Waals surface area contributed by atoms with E-state index in [4.69, 9.17) is 5.73 Å². The first kappa shape index (κ1) is 10.1. The van der Waals surface area contributed by atoms with Gasteiger partial charge < -0.3 is 10.7 Å². The molecule has 2 atom stereocenters. The first-order valence-electron chi connectivity index (χ1n) is 6.38. The van der Waals surface area contributed by atoms with Gasteiger partial charge >= 0.3 is 0 Å². The van der Waals surface area contributed by atoms with E-state index in [0.717, 1.165) is 36.1 Å². The second kappa shape index (κ2) is 3.55. The van der Waals surface area contributed by atoms with Crippen LogP contribution in [0.2, 0.25) is 0 Å². The minimum absolute atomic E-state index is 0.337. The van der Waals surface area contributed by atoms with E-state index in [2.05, 4.69) is 25.4 Å². The molecule has 18 heavy (non-hydrogen) atoms. The second-order valence-corrected chi connectivity index (χ2v) is 5.12. The maximum atomic E-state index is 6.02. The molecule has 0 amide bonds. The average molecular weight is 241 g/mol. The van der Waals surface area contributed by atoms with Gasteiger partial charge in [0.05, 0.1) is 11.7 Å². The zero-order valence-electron chi connectivity index (χ0n) is 10.0. The van der Waals surface area contributed by atoms with Crippen LogP contribution in [-0.2, 0) is 0 Å². The monoisotopic (exact) mass is 241 g/mol. The number of aromatic amines is 1. The predicted molar refractivity (Wildman–Crippen MR) is 69.4 cm³/mol. The molecule has 1 aliphatic rings. The van der Waals surface area contributed by atoms with E-state index in [0.29, 0.717) is 12.0 Å². The molecule has 1 saturated carbocycles. The molecule has 0 spiro atoms. The van der Waals surface area contributed by atoms with Gasteiger partial charge in [0, 0.05) is 30.0 Å². The standard InChI is InChI=1S/C13H15N5/c14-9-2-1-8(5-9)11-6-16-12-7-17-13-10(18(11)12)3-4-15-13/h3-4,6-9,15H,1-2,5,14H2/t8-,9-/m1/s1. The summed E-state index contributed by atoms with van der Waals surface area (Å²) >= 11 is 0. The fourth-order valence-corrected chi connectivity index (χ4v) is 3.07. The smallest absolute Gasteiger partial charge is 0.156 e. The fraction of sp³-hybridized carbons (Fsp3) is 0.385. The molecule has 3 aromatic heterocycles. The van der Waals surface area contributed by atoms with E-state index in [1.807, 2.05) is 18.6 Å². The number of nitrogens with one attached hydrogen (secondary N) is 1. The molecule has 4 rings (SSSR count).